The Kier molecular flexibility index (Phi) is 9.31. The second-order valence-electron chi connectivity index (χ2n) is 9.39. The Morgan fingerprint density at radius 1 is 1.03 bits per heavy atom. The van der Waals surface area contributed by atoms with Crippen LogP contribution in [0, 0.1) is 0 Å². The molecule has 0 spiro atoms. The summed E-state index contributed by atoms with van der Waals surface area (Å²) in [5.41, 5.74) is 2.83. The molecule has 0 radical (unpaired) electrons. The first-order chi connectivity index (χ1) is 16.8. The summed E-state index contributed by atoms with van der Waals surface area (Å²) in [5.74, 6) is -1.52. The lowest BCUT2D eigenvalue weighted by Crippen LogP contribution is -2.28. The van der Waals surface area contributed by atoms with E-state index in [9.17, 15) is 18.0 Å². The minimum absolute atomic E-state index is 0.0112. The molecule has 0 aliphatic rings. The summed E-state index contributed by atoms with van der Waals surface area (Å²) >= 11 is 3.29. The van der Waals surface area contributed by atoms with E-state index in [1.165, 1.54) is 16.9 Å². The second kappa shape index (κ2) is 11.8. The van der Waals surface area contributed by atoms with Crippen LogP contribution < -0.4 is 8.43 Å². The van der Waals surface area contributed by atoms with Gasteiger partial charge in [0.2, 0.25) is 5.91 Å². The number of para-hydroxylation sites is 1. The fraction of sp³-hybridized carbons (Fsp3) is 0.308. The SMILES string of the molecule is CC(C)(C)c1ccc(C(Cc2ccc(C(=O)NCCS(=O)(=O)O)s2)C(=O)N(I)c2ccccc2)cc1. The number of rotatable bonds is 9. The number of hydrogen-bond acceptors (Lipinski definition) is 5. The molecule has 1 unspecified atom stereocenters. The van der Waals surface area contributed by atoms with Crippen molar-refractivity contribution in [1.29, 1.82) is 0 Å². The zero-order valence-electron chi connectivity index (χ0n) is 20.3. The number of thiophene rings is 1. The van der Waals surface area contributed by atoms with E-state index >= 15 is 0 Å². The van der Waals surface area contributed by atoms with Gasteiger partial charge in [-0.15, -0.1) is 11.3 Å². The third-order valence-corrected chi connectivity index (χ3v) is 8.45. The van der Waals surface area contributed by atoms with Gasteiger partial charge in [0.05, 0.1) is 45.1 Å². The van der Waals surface area contributed by atoms with Crippen molar-refractivity contribution in [2.45, 2.75) is 38.5 Å². The van der Waals surface area contributed by atoms with Crippen LogP contribution in [0.25, 0.3) is 0 Å². The average Bonchev–Trinajstić information content (AvgIpc) is 3.30. The third kappa shape index (κ3) is 7.86. The van der Waals surface area contributed by atoms with Crippen molar-refractivity contribution in [1.82, 2.24) is 5.32 Å². The topological polar surface area (TPSA) is 104 Å². The predicted octanol–water partition coefficient (Wildman–Crippen LogP) is 5.37. The monoisotopic (exact) mass is 640 g/mol. The second-order valence-corrected chi connectivity index (χ2v) is 13.1. The number of amides is 2. The van der Waals surface area contributed by atoms with Gasteiger partial charge >= 0.3 is 0 Å². The molecule has 2 amide bonds. The quantitative estimate of drug-likeness (QED) is 0.186. The van der Waals surface area contributed by atoms with Crippen molar-refractivity contribution in [3.05, 3.63) is 87.6 Å². The van der Waals surface area contributed by atoms with E-state index in [1.807, 2.05) is 71.4 Å². The molecule has 3 aromatic rings. The summed E-state index contributed by atoms with van der Waals surface area (Å²) in [4.78, 5) is 27.3. The lowest BCUT2D eigenvalue weighted by molar-refractivity contribution is -0.118. The van der Waals surface area contributed by atoms with Gasteiger partial charge in [0.25, 0.3) is 16.0 Å². The molecule has 192 valence electrons. The van der Waals surface area contributed by atoms with Gasteiger partial charge in [-0.3, -0.25) is 17.3 Å². The zero-order chi connectivity index (χ0) is 26.5. The number of carbonyl (C=O) groups excluding carboxylic acids is 2. The summed E-state index contributed by atoms with van der Waals surface area (Å²) in [6.45, 7) is 6.23. The Morgan fingerprint density at radius 3 is 2.25 bits per heavy atom. The average molecular weight is 641 g/mol. The summed E-state index contributed by atoms with van der Waals surface area (Å²) < 4.78 is 32.2. The maximum atomic E-state index is 13.7. The number of anilines is 1. The Labute approximate surface area is 230 Å². The lowest BCUT2D eigenvalue weighted by Gasteiger charge is -2.24. The smallest absolute Gasteiger partial charge is 0.266 e. The van der Waals surface area contributed by atoms with Crippen molar-refractivity contribution in [2.75, 3.05) is 15.4 Å². The van der Waals surface area contributed by atoms with Crippen LogP contribution in [0.5, 0.6) is 0 Å². The molecule has 0 saturated carbocycles. The van der Waals surface area contributed by atoms with Crippen LogP contribution in [-0.4, -0.2) is 37.1 Å². The van der Waals surface area contributed by atoms with Crippen LogP contribution in [0.1, 0.15) is 52.4 Å². The first-order valence-corrected chi connectivity index (χ1v) is 14.7. The van der Waals surface area contributed by atoms with E-state index < -0.39 is 27.7 Å². The van der Waals surface area contributed by atoms with E-state index in [1.54, 1.807) is 9.18 Å². The molecule has 3 rings (SSSR count). The van der Waals surface area contributed by atoms with Gasteiger partial charge in [-0.2, -0.15) is 8.42 Å². The molecule has 2 aromatic carbocycles. The van der Waals surface area contributed by atoms with E-state index in [-0.39, 0.29) is 17.9 Å². The Morgan fingerprint density at radius 2 is 1.67 bits per heavy atom. The predicted molar refractivity (Wildman–Crippen MR) is 153 cm³/mol. The Balaban J connectivity index is 1.84. The van der Waals surface area contributed by atoms with Crippen LogP contribution in [-0.2, 0) is 26.7 Å². The van der Waals surface area contributed by atoms with Gasteiger partial charge in [-0.25, -0.2) is 0 Å². The van der Waals surface area contributed by atoms with Crippen LogP contribution >= 0.6 is 34.2 Å². The molecular weight excluding hydrogens is 611 g/mol. The maximum absolute atomic E-state index is 13.7. The number of nitrogens with one attached hydrogen (secondary N) is 1. The van der Waals surface area contributed by atoms with Crippen LogP contribution in [0.4, 0.5) is 5.69 Å². The van der Waals surface area contributed by atoms with Gasteiger partial charge in [0.15, 0.2) is 0 Å². The highest BCUT2D eigenvalue weighted by Gasteiger charge is 2.28. The van der Waals surface area contributed by atoms with Crippen molar-refractivity contribution in [3.63, 3.8) is 0 Å². The van der Waals surface area contributed by atoms with Crippen molar-refractivity contribution < 1.29 is 22.6 Å². The van der Waals surface area contributed by atoms with E-state index in [2.05, 4.69) is 38.2 Å². The molecule has 1 heterocycles. The molecule has 36 heavy (non-hydrogen) atoms. The largest absolute Gasteiger partial charge is 0.350 e. The number of benzene rings is 2. The minimum atomic E-state index is -4.15. The van der Waals surface area contributed by atoms with Crippen molar-refractivity contribution >= 4 is 61.8 Å². The number of carbonyl (C=O) groups is 2. The first kappa shape index (κ1) is 28.3. The fourth-order valence-corrected chi connectivity index (χ4v) is 5.56. The zero-order valence-corrected chi connectivity index (χ0v) is 24.1. The summed E-state index contributed by atoms with van der Waals surface area (Å²) in [5, 5.41) is 2.49. The molecule has 1 atom stereocenters. The highest BCUT2D eigenvalue weighted by Crippen LogP contribution is 2.32. The van der Waals surface area contributed by atoms with E-state index in [4.69, 9.17) is 4.55 Å². The number of halogens is 1. The normalized spacial score (nSPS) is 12.7. The highest BCUT2D eigenvalue weighted by molar-refractivity contribution is 14.1. The molecule has 0 aliphatic carbocycles. The summed E-state index contributed by atoms with van der Waals surface area (Å²) in [6.07, 6.45) is 0.406. The van der Waals surface area contributed by atoms with Crippen LogP contribution in [0.3, 0.4) is 0 Å². The van der Waals surface area contributed by atoms with Gasteiger partial charge < -0.3 is 5.32 Å². The number of nitrogens with zero attached hydrogens (tertiary/aromatic N) is 1. The molecule has 2 N–H and O–H groups in total. The molecule has 0 bridgehead atoms. The van der Waals surface area contributed by atoms with E-state index in [0.717, 1.165) is 16.1 Å². The highest BCUT2D eigenvalue weighted by atomic mass is 127. The van der Waals surface area contributed by atoms with Gasteiger partial charge in [0.1, 0.15) is 0 Å². The minimum Gasteiger partial charge on any atom is -0.350 e. The van der Waals surface area contributed by atoms with Gasteiger partial charge in [-0.1, -0.05) is 63.2 Å². The molecule has 7 nitrogen and oxygen atoms in total. The number of hydrogen-bond donors (Lipinski definition) is 2. The standard InChI is InChI=1S/C26H29IN2O5S2/c1-26(2,3)19-11-9-18(10-12-19)22(25(31)29(27)20-7-5-4-6-8-20)17-21-13-14-23(35-21)24(30)28-15-16-36(32,33)34/h4-14,22H,15-17H2,1-3H3,(H,28,30)(H,32,33,34). The summed E-state index contributed by atoms with van der Waals surface area (Å²) in [6, 6.07) is 21.0. The lowest BCUT2D eigenvalue weighted by atomic mass is 9.85. The van der Waals surface area contributed by atoms with Crippen LogP contribution in [0.15, 0.2) is 66.7 Å². The Bertz CT molecular complexity index is 1300. The van der Waals surface area contributed by atoms with Gasteiger partial charge in [0, 0.05) is 11.4 Å². The molecule has 0 saturated heterocycles. The third-order valence-electron chi connectivity index (χ3n) is 5.59. The maximum Gasteiger partial charge on any atom is 0.266 e. The first-order valence-electron chi connectivity index (χ1n) is 11.3. The molecule has 1 aromatic heterocycles. The van der Waals surface area contributed by atoms with Crippen LogP contribution in [0.2, 0.25) is 0 Å². The fourth-order valence-electron chi connectivity index (χ4n) is 3.58. The summed E-state index contributed by atoms with van der Waals surface area (Å²) in [7, 11) is -4.15. The molecule has 0 fully saturated rings. The van der Waals surface area contributed by atoms with Crippen molar-refractivity contribution in [3.8, 4) is 0 Å². The van der Waals surface area contributed by atoms with E-state index in [0.29, 0.717) is 11.3 Å². The molecular formula is C26H29IN2O5S2. The Hall–Kier alpha value is -2.28. The molecule has 10 heteroatoms. The van der Waals surface area contributed by atoms with Crippen molar-refractivity contribution in [2.24, 2.45) is 0 Å². The molecule has 0 aliphatic heterocycles. The van der Waals surface area contributed by atoms with Gasteiger partial charge in [-0.05, 0) is 47.2 Å².